The Bertz CT molecular complexity index is 316. The lowest BCUT2D eigenvalue weighted by Gasteiger charge is -2.17. The highest BCUT2D eigenvalue weighted by atomic mass is 16.3. The molecule has 0 aliphatic rings. The quantitative estimate of drug-likeness (QED) is 0.796. The number of rotatable bonds is 6. The topological polar surface area (TPSA) is 46.2 Å². The Balaban J connectivity index is 2.70. The number of hydrogen-bond acceptors (Lipinski definition) is 2. The second-order valence-corrected chi connectivity index (χ2v) is 5.36. The first kappa shape index (κ1) is 14.2. The molecule has 1 rings (SSSR count). The van der Waals surface area contributed by atoms with Crippen LogP contribution in [0, 0.1) is 5.92 Å². The molecule has 0 fully saturated rings. The van der Waals surface area contributed by atoms with Gasteiger partial charge in [-0.1, -0.05) is 38.1 Å². The van der Waals surface area contributed by atoms with Crippen LogP contribution >= 0.6 is 0 Å². The Morgan fingerprint density at radius 1 is 1.12 bits per heavy atom. The highest BCUT2D eigenvalue weighted by Gasteiger charge is 2.12. The summed E-state index contributed by atoms with van der Waals surface area (Å²) < 4.78 is 0. The van der Waals surface area contributed by atoms with Crippen LogP contribution in [0.25, 0.3) is 0 Å². The van der Waals surface area contributed by atoms with E-state index in [4.69, 9.17) is 5.73 Å². The molecule has 2 unspecified atom stereocenters. The summed E-state index contributed by atoms with van der Waals surface area (Å²) in [6.45, 7) is 6.86. The predicted octanol–water partition coefficient (Wildman–Crippen LogP) is 2.70. The second-order valence-electron chi connectivity index (χ2n) is 5.36. The normalized spacial score (nSPS) is 14.9. The van der Waals surface area contributed by atoms with Crippen molar-refractivity contribution in [1.82, 2.24) is 0 Å². The molecule has 0 saturated carbocycles. The van der Waals surface area contributed by atoms with Gasteiger partial charge in [-0.15, -0.1) is 0 Å². The van der Waals surface area contributed by atoms with Gasteiger partial charge in [0.2, 0.25) is 0 Å². The molecule has 2 nitrogen and oxygen atoms in total. The molecule has 0 spiro atoms. The molecule has 2 heteroatoms. The minimum absolute atomic E-state index is 0.267. The summed E-state index contributed by atoms with van der Waals surface area (Å²) in [6, 6.07) is 8.66. The van der Waals surface area contributed by atoms with Crippen LogP contribution in [0.15, 0.2) is 24.3 Å². The molecule has 1 aromatic rings. The van der Waals surface area contributed by atoms with Gasteiger partial charge in [0.1, 0.15) is 0 Å². The van der Waals surface area contributed by atoms with Crippen LogP contribution < -0.4 is 5.73 Å². The van der Waals surface area contributed by atoms with Gasteiger partial charge in [0, 0.05) is 0 Å². The van der Waals surface area contributed by atoms with E-state index in [-0.39, 0.29) is 12.0 Å². The number of aliphatic hydroxyl groups excluding tert-OH is 1. The Morgan fingerprint density at radius 3 is 2.12 bits per heavy atom. The third-order valence-electron chi connectivity index (χ3n) is 3.01. The van der Waals surface area contributed by atoms with E-state index in [0.717, 1.165) is 12.8 Å². The monoisotopic (exact) mass is 235 g/mol. The Morgan fingerprint density at radius 2 is 1.71 bits per heavy atom. The molecule has 0 aliphatic carbocycles. The van der Waals surface area contributed by atoms with Crippen LogP contribution in [0.4, 0.5) is 0 Å². The number of nitrogens with two attached hydrogens (primary N) is 1. The van der Waals surface area contributed by atoms with Crippen LogP contribution in [-0.4, -0.2) is 17.8 Å². The lowest BCUT2D eigenvalue weighted by atomic mass is 9.92. The lowest BCUT2D eigenvalue weighted by Crippen LogP contribution is -2.17. The summed E-state index contributed by atoms with van der Waals surface area (Å²) in [5.74, 6) is 0.951. The van der Waals surface area contributed by atoms with Crippen LogP contribution in [0.1, 0.15) is 44.2 Å². The lowest BCUT2D eigenvalue weighted by molar-refractivity contribution is 0.175. The van der Waals surface area contributed by atoms with Crippen LogP contribution in [0.3, 0.4) is 0 Å². The Kier molecular flexibility index (Phi) is 5.66. The second kappa shape index (κ2) is 6.77. The van der Waals surface area contributed by atoms with Crippen molar-refractivity contribution in [2.24, 2.45) is 11.7 Å². The number of aliphatic hydroxyl groups is 1. The molecule has 0 amide bonds. The van der Waals surface area contributed by atoms with E-state index in [1.165, 1.54) is 11.1 Å². The molecule has 17 heavy (non-hydrogen) atoms. The smallest absolute Gasteiger partial charge is 0.0518 e. The molecular weight excluding hydrogens is 210 g/mol. The molecule has 96 valence electrons. The molecular formula is C15H25NO. The molecule has 0 radical (unpaired) electrons. The Hall–Kier alpha value is -0.860. The van der Waals surface area contributed by atoms with Gasteiger partial charge in [0.05, 0.1) is 6.10 Å². The maximum Gasteiger partial charge on any atom is 0.0518 e. The first-order valence-electron chi connectivity index (χ1n) is 6.50. The fourth-order valence-electron chi connectivity index (χ4n) is 2.18. The van der Waals surface area contributed by atoms with Gasteiger partial charge in [-0.2, -0.15) is 0 Å². The van der Waals surface area contributed by atoms with Crippen LogP contribution in [-0.2, 0) is 6.42 Å². The zero-order valence-electron chi connectivity index (χ0n) is 11.2. The molecule has 0 aliphatic heterocycles. The fourth-order valence-corrected chi connectivity index (χ4v) is 2.18. The van der Waals surface area contributed by atoms with Crippen molar-refractivity contribution < 1.29 is 5.11 Å². The van der Waals surface area contributed by atoms with Gasteiger partial charge in [-0.3, -0.25) is 0 Å². The van der Waals surface area contributed by atoms with Gasteiger partial charge in [-0.05, 0) is 49.3 Å². The van der Waals surface area contributed by atoms with Crippen LogP contribution in [0.5, 0.6) is 0 Å². The zero-order chi connectivity index (χ0) is 12.8. The maximum atomic E-state index is 9.43. The van der Waals surface area contributed by atoms with Crippen LogP contribution in [0.2, 0.25) is 0 Å². The molecule has 0 heterocycles. The van der Waals surface area contributed by atoms with E-state index in [9.17, 15) is 5.11 Å². The maximum absolute atomic E-state index is 9.43. The van der Waals surface area contributed by atoms with Crippen molar-refractivity contribution in [3.63, 3.8) is 0 Å². The summed E-state index contributed by atoms with van der Waals surface area (Å²) >= 11 is 0. The molecule has 0 bridgehead atoms. The van der Waals surface area contributed by atoms with Crippen molar-refractivity contribution in [2.45, 2.75) is 45.6 Å². The molecule has 3 N–H and O–H groups in total. The van der Waals surface area contributed by atoms with E-state index < -0.39 is 0 Å². The minimum atomic E-state index is -0.293. The van der Waals surface area contributed by atoms with E-state index in [1.54, 1.807) is 0 Å². The van der Waals surface area contributed by atoms with Crippen molar-refractivity contribution in [1.29, 1.82) is 0 Å². The van der Waals surface area contributed by atoms with Crippen molar-refractivity contribution in [2.75, 3.05) is 6.54 Å². The van der Waals surface area contributed by atoms with Gasteiger partial charge in [-0.25, -0.2) is 0 Å². The fraction of sp³-hybridized carbons (Fsp3) is 0.600. The first-order valence-corrected chi connectivity index (χ1v) is 6.50. The summed E-state index contributed by atoms with van der Waals surface area (Å²) in [7, 11) is 0. The van der Waals surface area contributed by atoms with E-state index >= 15 is 0 Å². The van der Waals surface area contributed by atoms with Crippen molar-refractivity contribution in [3.8, 4) is 0 Å². The highest BCUT2D eigenvalue weighted by molar-refractivity contribution is 5.26. The number of hydrogen-bond donors (Lipinski definition) is 2. The van der Waals surface area contributed by atoms with Gasteiger partial charge in [0.25, 0.3) is 0 Å². The molecule has 0 saturated heterocycles. The third-order valence-corrected chi connectivity index (χ3v) is 3.01. The SMILES string of the molecule is CC(C)Cc1ccc(C(CN)CC(C)O)cc1. The summed E-state index contributed by atoms with van der Waals surface area (Å²) in [5, 5.41) is 9.43. The molecule has 0 aromatic heterocycles. The van der Waals surface area contributed by atoms with E-state index in [0.29, 0.717) is 12.5 Å². The minimum Gasteiger partial charge on any atom is -0.393 e. The van der Waals surface area contributed by atoms with Crippen molar-refractivity contribution in [3.05, 3.63) is 35.4 Å². The highest BCUT2D eigenvalue weighted by Crippen LogP contribution is 2.21. The van der Waals surface area contributed by atoms with Gasteiger partial charge < -0.3 is 10.8 Å². The standard InChI is InChI=1S/C15H25NO/c1-11(2)8-13-4-6-14(7-5-13)15(10-16)9-12(3)17/h4-7,11-12,15,17H,8-10,16H2,1-3H3. The molecule has 2 atom stereocenters. The average molecular weight is 235 g/mol. The predicted molar refractivity (Wildman–Crippen MR) is 73.1 cm³/mol. The Labute approximate surface area is 105 Å². The zero-order valence-corrected chi connectivity index (χ0v) is 11.2. The van der Waals surface area contributed by atoms with Gasteiger partial charge >= 0.3 is 0 Å². The average Bonchev–Trinajstić information content (AvgIpc) is 2.26. The summed E-state index contributed by atoms with van der Waals surface area (Å²) in [4.78, 5) is 0. The van der Waals surface area contributed by atoms with Crippen molar-refractivity contribution >= 4 is 0 Å². The van der Waals surface area contributed by atoms with E-state index in [2.05, 4.69) is 38.1 Å². The third kappa shape index (κ3) is 4.88. The van der Waals surface area contributed by atoms with Gasteiger partial charge in [0.15, 0.2) is 0 Å². The summed E-state index contributed by atoms with van der Waals surface area (Å²) in [5.41, 5.74) is 8.37. The largest absolute Gasteiger partial charge is 0.393 e. The first-order chi connectivity index (χ1) is 8.02. The van der Waals surface area contributed by atoms with E-state index in [1.807, 2.05) is 6.92 Å². The summed E-state index contributed by atoms with van der Waals surface area (Å²) in [6.07, 6.45) is 1.56. The number of benzene rings is 1. The molecule has 1 aromatic carbocycles.